The van der Waals surface area contributed by atoms with Crippen LogP contribution >= 0.6 is 11.3 Å². The van der Waals surface area contributed by atoms with E-state index in [-0.39, 0.29) is 5.91 Å². The number of carbonyl (C=O) groups excluding carboxylic acids is 2. The zero-order valence-electron chi connectivity index (χ0n) is 14.7. The van der Waals surface area contributed by atoms with Crippen molar-refractivity contribution < 1.29 is 14.3 Å². The van der Waals surface area contributed by atoms with Crippen molar-refractivity contribution in [1.29, 1.82) is 0 Å². The van der Waals surface area contributed by atoms with E-state index in [0.29, 0.717) is 16.3 Å². The Hall–Kier alpha value is -2.99. The maximum atomic E-state index is 12.4. The lowest BCUT2D eigenvalue weighted by atomic mass is 10.0. The number of amides is 1. The van der Waals surface area contributed by atoms with Gasteiger partial charge in [0.2, 0.25) is 0 Å². The number of methoxy groups -OCH3 is 1. The summed E-state index contributed by atoms with van der Waals surface area (Å²) in [5, 5.41) is 5.26. The number of anilines is 1. The van der Waals surface area contributed by atoms with E-state index in [0.717, 1.165) is 22.4 Å². The largest absolute Gasteiger partial charge is 0.465 e. The SMILES string of the molecule is COC(=O)c1ccc(C(=O)Nc2nc(-c3cc(C)ccc3C)cs2)cc1. The number of aryl methyl sites for hydroxylation is 2. The van der Waals surface area contributed by atoms with Crippen LogP contribution in [0.3, 0.4) is 0 Å². The van der Waals surface area contributed by atoms with Crippen LogP contribution in [0, 0.1) is 13.8 Å². The van der Waals surface area contributed by atoms with Crippen LogP contribution in [-0.2, 0) is 4.74 Å². The van der Waals surface area contributed by atoms with Gasteiger partial charge in [-0.2, -0.15) is 0 Å². The zero-order valence-corrected chi connectivity index (χ0v) is 15.5. The molecule has 26 heavy (non-hydrogen) atoms. The molecule has 0 spiro atoms. The Morgan fingerprint density at radius 3 is 2.42 bits per heavy atom. The van der Waals surface area contributed by atoms with E-state index in [1.165, 1.54) is 18.4 Å². The molecule has 3 rings (SSSR count). The quantitative estimate of drug-likeness (QED) is 0.692. The van der Waals surface area contributed by atoms with Gasteiger partial charge in [0.15, 0.2) is 5.13 Å². The van der Waals surface area contributed by atoms with Gasteiger partial charge in [0.05, 0.1) is 18.4 Å². The molecular formula is C20H18N2O3S. The fourth-order valence-corrected chi connectivity index (χ4v) is 3.22. The summed E-state index contributed by atoms with van der Waals surface area (Å²) in [6.07, 6.45) is 0. The summed E-state index contributed by atoms with van der Waals surface area (Å²) < 4.78 is 4.65. The van der Waals surface area contributed by atoms with Crippen LogP contribution < -0.4 is 5.32 Å². The minimum Gasteiger partial charge on any atom is -0.465 e. The number of hydrogen-bond donors (Lipinski definition) is 1. The van der Waals surface area contributed by atoms with Gasteiger partial charge in [0.25, 0.3) is 5.91 Å². The molecular weight excluding hydrogens is 348 g/mol. The van der Waals surface area contributed by atoms with Gasteiger partial charge in [0, 0.05) is 16.5 Å². The number of benzene rings is 2. The monoisotopic (exact) mass is 366 g/mol. The van der Waals surface area contributed by atoms with Gasteiger partial charge >= 0.3 is 5.97 Å². The summed E-state index contributed by atoms with van der Waals surface area (Å²) in [5.74, 6) is -0.710. The Balaban J connectivity index is 1.75. The minimum atomic E-state index is -0.435. The van der Waals surface area contributed by atoms with Crippen LogP contribution in [0.2, 0.25) is 0 Å². The highest BCUT2D eigenvalue weighted by Crippen LogP contribution is 2.28. The average Bonchev–Trinajstić information content (AvgIpc) is 3.11. The maximum Gasteiger partial charge on any atom is 0.337 e. The van der Waals surface area contributed by atoms with Gasteiger partial charge in [-0.25, -0.2) is 9.78 Å². The Morgan fingerprint density at radius 2 is 1.73 bits per heavy atom. The number of rotatable bonds is 4. The Kier molecular flexibility index (Phi) is 5.14. The molecule has 0 atom stereocenters. The van der Waals surface area contributed by atoms with E-state index in [9.17, 15) is 9.59 Å². The van der Waals surface area contributed by atoms with E-state index in [1.807, 2.05) is 19.2 Å². The molecule has 1 N–H and O–H groups in total. The Labute approximate surface area is 155 Å². The van der Waals surface area contributed by atoms with E-state index in [1.54, 1.807) is 24.3 Å². The minimum absolute atomic E-state index is 0.275. The van der Waals surface area contributed by atoms with Crippen molar-refractivity contribution in [3.8, 4) is 11.3 Å². The van der Waals surface area contributed by atoms with E-state index >= 15 is 0 Å². The van der Waals surface area contributed by atoms with Crippen molar-refractivity contribution in [3.63, 3.8) is 0 Å². The molecule has 0 saturated heterocycles. The summed E-state index contributed by atoms with van der Waals surface area (Å²) in [7, 11) is 1.32. The van der Waals surface area contributed by atoms with Gasteiger partial charge in [-0.1, -0.05) is 17.7 Å². The van der Waals surface area contributed by atoms with E-state index in [2.05, 4.69) is 33.2 Å². The first-order valence-electron chi connectivity index (χ1n) is 8.01. The molecule has 0 aliphatic carbocycles. The number of ether oxygens (including phenoxy) is 1. The Morgan fingerprint density at radius 1 is 1.04 bits per heavy atom. The molecule has 1 amide bonds. The number of thiazole rings is 1. The normalized spacial score (nSPS) is 10.4. The smallest absolute Gasteiger partial charge is 0.337 e. The molecule has 2 aromatic carbocycles. The maximum absolute atomic E-state index is 12.4. The van der Waals surface area contributed by atoms with E-state index < -0.39 is 5.97 Å². The fourth-order valence-electron chi connectivity index (χ4n) is 2.51. The van der Waals surface area contributed by atoms with E-state index in [4.69, 9.17) is 0 Å². The summed E-state index contributed by atoms with van der Waals surface area (Å²) in [4.78, 5) is 28.3. The second kappa shape index (κ2) is 7.49. The predicted octanol–water partition coefficient (Wildman–Crippen LogP) is 4.47. The van der Waals surface area contributed by atoms with Crippen LogP contribution in [-0.4, -0.2) is 24.0 Å². The first kappa shape index (κ1) is 17.8. The number of esters is 1. The molecule has 0 unspecified atom stereocenters. The van der Waals surface area contributed by atoms with Gasteiger partial charge in [-0.15, -0.1) is 11.3 Å². The third-order valence-electron chi connectivity index (χ3n) is 3.96. The number of nitrogens with one attached hydrogen (secondary N) is 1. The van der Waals surface area contributed by atoms with Crippen LogP contribution in [0.15, 0.2) is 47.8 Å². The molecule has 5 nitrogen and oxygen atoms in total. The molecule has 0 fully saturated rings. The topological polar surface area (TPSA) is 68.3 Å². The van der Waals surface area contributed by atoms with Crippen molar-refractivity contribution in [1.82, 2.24) is 4.98 Å². The lowest BCUT2D eigenvalue weighted by molar-refractivity contribution is 0.0600. The van der Waals surface area contributed by atoms with Crippen molar-refractivity contribution >= 4 is 28.3 Å². The summed E-state index contributed by atoms with van der Waals surface area (Å²) in [6, 6.07) is 12.5. The third-order valence-corrected chi connectivity index (χ3v) is 4.72. The van der Waals surface area contributed by atoms with Crippen molar-refractivity contribution in [2.75, 3.05) is 12.4 Å². The number of hydrogen-bond acceptors (Lipinski definition) is 5. The summed E-state index contributed by atoms with van der Waals surface area (Å²) in [5.41, 5.74) is 5.04. The third kappa shape index (κ3) is 3.81. The molecule has 0 saturated carbocycles. The summed E-state index contributed by atoms with van der Waals surface area (Å²) >= 11 is 1.38. The molecule has 3 aromatic rings. The second-order valence-electron chi connectivity index (χ2n) is 5.88. The molecule has 0 bridgehead atoms. The van der Waals surface area contributed by atoms with Crippen LogP contribution in [0.5, 0.6) is 0 Å². The van der Waals surface area contributed by atoms with Gasteiger partial charge in [-0.3, -0.25) is 10.1 Å². The molecule has 6 heteroatoms. The van der Waals surface area contributed by atoms with Crippen LogP contribution in [0.4, 0.5) is 5.13 Å². The molecule has 0 radical (unpaired) electrons. The first-order chi connectivity index (χ1) is 12.5. The van der Waals surface area contributed by atoms with Crippen LogP contribution in [0.1, 0.15) is 31.8 Å². The molecule has 1 aromatic heterocycles. The lowest BCUT2D eigenvalue weighted by Crippen LogP contribution is -2.12. The molecule has 0 aliphatic heterocycles. The van der Waals surface area contributed by atoms with Gasteiger partial charge < -0.3 is 4.74 Å². The predicted molar refractivity (Wildman–Crippen MR) is 103 cm³/mol. The molecule has 132 valence electrons. The number of aromatic nitrogens is 1. The molecule has 1 heterocycles. The van der Waals surface area contributed by atoms with Crippen molar-refractivity contribution in [2.24, 2.45) is 0 Å². The lowest BCUT2D eigenvalue weighted by Gasteiger charge is -2.04. The number of carbonyl (C=O) groups is 2. The average molecular weight is 366 g/mol. The fraction of sp³-hybridized carbons (Fsp3) is 0.150. The van der Waals surface area contributed by atoms with Gasteiger partial charge in [0.1, 0.15) is 0 Å². The summed E-state index contributed by atoms with van der Waals surface area (Å²) in [6.45, 7) is 4.07. The standard InChI is InChI=1S/C20H18N2O3S/c1-12-4-5-13(2)16(10-12)17-11-26-20(21-17)22-18(23)14-6-8-15(9-7-14)19(24)25-3/h4-11H,1-3H3,(H,21,22,23). The highest BCUT2D eigenvalue weighted by Gasteiger charge is 2.12. The highest BCUT2D eigenvalue weighted by atomic mass is 32.1. The highest BCUT2D eigenvalue weighted by molar-refractivity contribution is 7.14. The zero-order chi connectivity index (χ0) is 18.7. The molecule has 0 aliphatic rings. The number of nitrogens with zero attached hydrogens (tertiary/aromatic N) is 1. The van der Waals surface area contributed by atoms with Gasteiger partial charge in [-0.05, 0) is 49.7 Å². The Bertz CT molecular complexity index is 961. The van der Waals surface area contributed by atoms with Crippen LogP contribution in [0.25, 0.3) is 11.3 Å². The van der Waals surface area contributed by atoms with Crippen molar-refractivity contribution in [3.05, 3.63) is 70.1 Å². The van der Waals surface area contributed by atoms with Crippen molar-refractivity contribution in [2.45, 2.75) is 13.8 Å². The second-order valence-corrected chi connectivity index (χ2v) is 6.74. The first-order valence-corrected chi connectivity index (χ1v) is 8.89.